The van der Waals surface area contributed by atoms with E-state index in [1.807, 2.05) is 30.9 Å². The van der Waals surface area contributed by atoms with Crippen LogP contribution in [0.4, 0.5) is 0 Å². The monoisotopic (exact) mass is 346 g/mol. The number of hydrogen-bond acceptors (Lipinski definition) is 4. The van der Waals surface area contributed by atoms with Crippen molar-refractivity contribution >= 4 is 17.8 Å². The van der Waals surface area contributed by atoms with Gasteiger partial charge in [-0.05, 0) is 25.0 Å². The molecule has 6 nitrogen and oxygen atoms in total. The van der Waals surface area contributed by atoms with Crippen LogP contribution in [-0.2, 0) is 25.5 Å². The van der Waals surface area contributed by atoms with Gasteiger partial charge < -0.3 is 14.5 Å². The molecule has 136 valence electrons. The Bertz CT molecular complexity index is 649. The molecule has 6 heteroatoms. The number of rotatable bonds is 5. The van der Waals surface area contributed by atoms with Gasteiger partial charge in [-0.3, -0.25) is 14.4 Å². The Balaban J connectivity index is 1.83. The standard InChI is InChI=1S/C19H26N2O4/c1-14-4-5-15(2)16(12-14)13-18(23)21-10-8-20(9-11-21)17(22)6-7-19(24)25-3/h4-5,12H,6-11,13H2,1-3H3. The molecule has 1 aromatic rings. The maximum atomic E-state index is 12.5. The van der Waals surface area contributed by atoms with E-state index in [4.69, 9.17) is 0 Å². The van der Waals surface area contributed by atoms with Crippen molar-refractivity contribution < 1.29 is 19.1 Å². The molecule has 2 rings (SSSR count). The van der Waals surface area contributed by atoms with Crippen molar-refractivity contribution in [3.63, 3.8) is 0 Å². The number of benzene rings is 1. The van der Waals surface area contributed by atoms with Crippen molar-refractivity contribution in [1.82, 2.24) is 9.80 Å². The second kappa shape index (κ2) is 8.65. The first kappa shape index (κ1) is 19.0. The number of carbonyl (C=O) groups excluding carboxylic acids is 3. The van der Waals surface area contributed by atoms with Crippen LogP contribution in [0.2, 0.25) is 0 Å². The van der Waals surface area contributed by atoms with Gasteiger partial charge in [0.05, 0.1) is 20.0 Å². The first-order valence-electron chi connectivity index (χ1n) is 8.59. The number of methoxy groups -OCH3 is 1. The van der Waals surface area contributed by atoms with Crippen LogP contribution in [0.15, 0.2) is 18.2 Å². The lowest BCUT2D eigenvalue weighted by Crippen LogP contribution is -2.51. The number of esters is 1. The number of hydrogen-bond donors (Lipinski definition) is 0. The third-order valence-corrected chi connectivity index (χ3v) is 4.60. The summed E-state index contributed by atoms with van der Waals surface area (Å²) in [7, 11) is 1.31. The van der Waals surface area contributed by atoms with E-state index in [2.05, 4.69) is 10.8 Å². The molecule has 1 aliphatic rings. The van der Waals surface area contributed by atoms with Gasteiger partial charge in [0.2, 0.25) is 11.8 Å². The highest BCUT2D eigenvalue weighted by Crippen LogP contribution is 2.14. The largest absolute Gasteiger partial charge is 0.469 e. The summed E-state index contributed by atoms with van der Waals surface area (Å²) in [5, 5.41) is 0. The summed E-state index contributed by atoms with van der Waals surface area (Å²) in [4.78, 5) is 39.2. The van der Waals surface area contributed by atoms with Crippen molar-refractivity contribution in [2.24, 2.45) is 0 Å². The quantitative estimate of drug-likeness (QED) is 0.757. The number of piperazine rings is 1. The van der Waals surface area contributed by atoms with E-state index in [9.17, 15) is 14.4 Å². The molecule has 0 unspecified atom stereocenters. The van der Waals surface area contributed by atoms with Gasteiger partial charge in [-0.25, -0.2) is 0 Å². The smallest absolute Gasteiger partial charge is 0.306 e. The lowest BCUT2D eigenvalue weighted by atomic mass is 10.0. The normalized spacial score (nSPS) is 14.4. The van der Waals surface area contributed by atoms with E-state index in [-0.39, 0.29) is 30.6 Å². The number of nitrogens with zero attached hydrogens (tertiary/aromatic N) is 2. The van der Waals surface area contributed by atoms with Gasteiger partial charge in [0.15, 0.2) is 0 Å². The third kappa shape index (κ3) is 5.31. The van der Waals surface area contributed by atoms with Crippen LogP contribution in [0.1, 0.15) is 29.5 Å². The van der Waals surface area contributed by atoms with Gasteiger partial charge in [0, 0.05) is 32.6 Å². The maximum absolute atomic E-state index is 12.5. The SMILES string of the molecule is COC(=O)CCC(=O)N1CCN(C(=O)Cc2cc(C)ccc2C)CC1. The Morgan fingerprint density at radius 3 is 2.16 bits per heavy atom. The van der Waals surface area contributed by atoms with Crippen molar-refractivity contribution in [2.75, 3.05) is 33.3 Å². The summed E-state index contributed by atoms with van der Waals surface area (Å²) < 4.78 is 4.55. The minimum absolute atomic E-state index is 0.0629. The first-order chi connectivity index (χ1) is 11.9. The highest BCUT2D eigenvalue weighted by atomic mass is 16.5. The fourth-order valence-electron chi connectivity index (χ4n) is 2.94. The molecule has 25 heavy (non-hydrogen) atoms. The Kier molecular flexibility index (Phi) is 6.56. The van der Waals surface area contributed by atoms with E-state index in [1.54, 1.807) is 4.90 Å². The van der Waals surface area contributed by atoms with Crippen LogP contribution in [-0.4, -0.2) is 60.9 Å². The molecule has 0 saturated carbocycles. The lowest BCUT2D eigenvalue weighted by Gasteiger charge is -2.35. The molecule has 0 atom stereocenters. The zero-order chi connectivity index (χ0) is 18.4. The summed E-state index contributed by atoms with van der Waals surface area (Å²) in [6.45, 7) is 6.13. The van der Waals surface area contributed by atoms with E-state index in [0.29, 0.717) is 32.6 Å². The van der Waals surface area contributed by atoms with E-state index in [1.165, 1.54) is 7.11 Å². The molecule has 1 saturated heterocycles. The van der Waals surface area contributed by atoms with E-state index in [0.717, 1.165) is 16.7 Å². The van der Waals surface area contributed by atoms with Crippen molar-refractivity contribution in [2.45, 2.75) is 33.1 Å². The third-order valence-electron chi connectivity index (χ3n) is 4.60. The molecular formula is C19H26N2O4. The molecule has 1 aromatic carbocycles. The molecule has 1 heterocycles. The lowest BCUT2D eigenvalue weighted by molar-refractivity contribution is -0.144. The second-order valence-electron chi connectivity index (χ2n) is 6.44. The summed E-state index contributed by atoms with van der Waals surface area (Å²) in [5.41, 5.74) is 3.33. The Labute approximate surface area is 148 Å². The molecule has 0 aromatic heterocycles. The van der Waals surface area contributed by atoms with Crippen LogP contribution in [0.5, 0.6) is 0 Å². The molecule has 0 radical (unpaired) electrons. The minimum Gasteiger partial charge on any atom is -0.469 e. The van der Waals surface area contributed by atoms with Crippen LogP contribution in [0, 0.1) is 13.8 Å². The molecule has 2 amide bonds. The second-order valence-corrected chi connectivity index (χ2v) is 6.44. The molecular weight excluding hydrogens is 320 g/mol. The predicted octanol–water partition coefficient (Wildman–Crippen LogP) is 1.47. The molecule has 1 fully saturated rings. The number of ether oxygens (including phenoxy) is 1. The Hall–Kier alpha value is -2.37. The number of amides is 2. The van der Waals surface area contributed by atoms with Crippen LogP contribution in [0.3, 0.4) is 0 Å². The molecule has 0 N–H and O–H groups in total. The van der Waals surface area contributed by atoms with Gasteiger partial charge in [0.1, 0.15) is 0 Å². The topological polar surface area (TPSA) is 66.9 Å². The Morgan fingerprint density at radius 2 is 1.56 bits per heavy atom. The van der Waals surface area contributed by atoms with Crippen LogP contribution < -0.4 is 0 Å². The highest BCUT2D eigenvalue weighted by Gasteiger charge is 2.24. The van der Waals surface area contributed by atoms with Crippen molar-refractivity contribution in [1.29, 1.82) is 0 Å². The fourth-order valence-corrected chi connectivity index (χ4v) is 2.94. The maximum Gasteiger partial charge on any atom is 0.306 e. The highest BCUT2D eigenvalue weighted by molar-refractivity contribution is 5.82. The number of carbonyl (C=O) groups is 3. The van der Waals surface area contributed by atoms with Crippen molar-refractivity contribution in [3.8, 4) is 0 Å². The molecule has 0 bridgehead atoms. The zero-order valence-corrected chi connectivity index (χ0v) is 15.2. The molecule has 1 aliphatic heterocycles. The molecule has 0 spiro atoms. The fraction of sp³-hybridized carbons (Fsp3) is 0.526. The Morgan fingerprint density at radius 1 is 0.960 bits per heavy atom. The summed E-state index contributed by atoms with van der Waals surface area (Å²) >= 11 is 0. The summed E-state index contributed by atoms with van der Waals surface area (Å²) in [6.07, 6.45) is 0.647. The van der Waals surface area contributed by atoms with Gasteiger partial charge in [-0.2, -0.15) is 0 Å². The summed E-state index contributed by atoms with van der Waals surface area (Å²) in [6, 6.07) is 6.14. The van der Waals surface area contributed by atoms with E-state index < -0.39 is 0 Å². The van der Waals surface area contributed by atoms with Crippen molar-refractivity contribution in [3.05, 3.63) is 34.9 Å². The first-order valence-corrected chi connectivity index (χ1v) is 8.59. The van der Waals surface area contributed by atoms with Crippen LogP contribution >= 0.6 is 0 Å². The average molecular weight is 346 g/mol. The van der Waals surface area contributed by atoms with E-state index >= 15 is 0 Å². The van der Waals surface area contributed by atoms with Gasteiger partial charge in [-0.15, -0.1) is 0 Å². The zero-order valence-electron chi connectivity index (χ0n) is 15.2. The number of aryl methyl sites for hydroxylation is 2. The van der Waals surface area contributed by atoms with Gasteiger partial charge in [-0.1, -0.05) is 23.8 Å². The average Bonchev–Trinajstić information content (AvgIpc) is 2.62. The van der Waals surface area contributed by atoms with Crippen LogP contribution in [0.25, 0.3) is 0 Å². The van der Waals surface area contributed by atoms with Gasteiger partial charge >= 0.3 is 5.97 Å². The predicted molar refractivity (Wildman–Crippen MR) is 94.0 cm³/mol. The van der Waals surface area contributed by atoms with Gasteiger partial charge in [0.25, 0.3) is 0 Å². The molecule has 0 aliphatic carbocycles. The minimum atomic E-state index is -0.379. The summed E-state index contributed by atoms with van der Waals surface area (Å²) in [5.74, 6) is -0.349.